The Balaban J connectivity index is 1.69. The number of likely N-dealkylation sites (N-methyl/N-ethyl adjacent to an activating group) is 1. The highest BCUT2D eigenvalue weighted by Crippen LogP contribution is 2.25. The van der Waals surface area contributed by atoms with E-state index in [-0.39, 0.29) is 23.2 Å². The quantitative estimate of drug-likeness (QED) is 0.771. The first-order valence-electron chi connectivity index (χ1n) is 8.16. The van der Waals surface area contributed by atoms with Crippen molar-refractivity contribution >= 4 is 52.5 Å². The van der Waals surface area contributed by atoms with E-state index in [4.69, 9.17) is 23.2 Å². The highest BCUT2D eigenvalue weighted by atomic mass is 35.5. The smallest absolute Gasteiger partial charge is 0.261 e. The zero-order chi connectivity index (χ0) is 20.6. The molecule has 144 valence electrons. The number of amides is 4. The van der Waals surface area contributed by atoms with Crippen LogP contribution in [0.15, 0.2) is 36.4 Å². The van der Waals surface area contributed by atoms with E-state index in [0.717, 1.165) is 4.90 Å². The van der Waals surface area contributed by atoms with Crippen LogP contribution in [-0.4, -0.2) is 54.1 Å². The van der Waals surface area contributed by atoms with Gasteiger partial charge in [0.05, 0.1) is 27.7 Å². The van der Waals surface area contributed by atoms with Gasteiger partial charge in [0.2, 0.25) is 5.91 Å². The highest BCUT2D eigenvalue weighted by molar-refractivity contribution is 6.42. The molecular weight excluding hydrogens is 405 g/mol. The number of hydrogen-bond donors (Lipinski definition) is 1. The lowest BCUT2D eigenvalue weighted by Crippen LogP contribution is -2.35. The molecule has 0 spiro atoms. The fourth-order valence-corrected chi connectivity index (χ4v) is 3.07. The topological polar surface area (TPSA) is 86.8 Å². The number of nitrogens with zero attached hydrogens (tertiary/aromatic N) is 2. The van der Waals surface area contributed by atoms with Crippen molar-refractivity contribution in [2.45, 2.75) is 0 Å². The Morgan fingerprint density at radius 2 is 1.68 bits per heavy atom. The number of rotatable bonds is 4. The number of anilines is 1. The lowest BCUT2D eigenvalue weighted by atomic mass is 10.0. The van der Waals surface area contributed by atoms with Gasteiger partial charge in [-0.25, -0.2) is 0 Å². The second kappa shape index (κ2) is 7.61. The Kier molecular flexibility index (Phi) is 5.40. The van der Waals surface area contributed by atoms with Gasteiger partial charge in [0.15, 0.2) is 0 Å². The fourth-order valence-electron chi connectivity index (χ4n) is 2.78. The highest BCUT2D eigenvalue weighted by Gasteiger charge is 2.33. The van der Waals surface area contributed by atoms with Gasteiger partial charge in [0.1, 0.15) is 0 Å². The van der Waals surface area contributed by atoms with Crippen molar-refractivity contribution in [2.75, 3.05) is 26.0 Å². The first kappa shape index (κ1) is 19.9. The molecule has 7 nitrogen and oxygen atoms in total. The van der Waals surface area contributed by atoms with Crippen molar-refractivity contribution in [1.29, 1.82) is 0 Å². The van der Waals surface area contributed by atoms with Crippen LogP contribution in [0.4, 0.5) is 5.69 Å². The summed E-state index contributed by atoms with van der Waals surface area (Å²) in [5.41, 5.74) is 1.08. The molecule has 2 aromatic rings. The minimum absolute atomic E-state index is 0.173. The van der Waals surface area contributed by atoms with Crippen LogP contribution in [0.25, 0.3) is 0 Å². The summed E-state index contributed by atoms with van der Waals surface area (Å²) in [4.78, 5) is 51.0. The maximum absolute atomic E-state index is 12.6. The number of carbonyl (C=O) groups excluding carboxylic acids is 4. The predicted molar refractivity (Wildman–Crippen MR) is 105 cm³/mol. The van der Waals surface area contributed by atoms with Crippen molar-refractivity contribution in [3.05, 3.63) is 63.1 Å². The SMILES string of the molecule is CN(CC(=O)Nc1ccc(Cl)c(Cl)c1)C(=O)c1ccc2c(c1)C(=O)N(C)C2=O. The summed E-state index contributed by atoms with van der Waals surface area (Å²) in [5.74, 6) is -1.76. The van der Waals surface area contributed by atoms with Crippen LogP contribution in [0.5, 0.6) is 0 Å². The summed E-state index contributed by atoms with van der Waals surface area (Å²) in [7, 11) is 2.84. The van der Waals surface area contributed by atoms with E-state index >= 15 is 0 Å². The van der Waals surface area contributed by atoms with E-state index < -0.39 is 23.6 Å². The second-order valence-corrected chi connectivity index (χ2v) is 7.08. The van der Waals surface area contributed by atoms with Gasteiger partial charge in [0, 0.05) is 25.3 Å². The van der Waals surface area contributed by atoms with Crippen LogP contribution < -0.4 is 5.32 Å². The second-order valence-electron chi connectivity index (χ2n) is 6.27. The molecule has 3 rings (SSSR count). The number of hydrogen-bond acceptors (Lipinski definition) is 4. The average Bonchev–Trinajstić information content (AvgIpc) is 2.88. The molecule has 1 aliphatic rings. The molecule has 0 aromatic heterocycles. The number of benzene rings is 2. The number of halogens is 2. The number of imide groups is 1. The Morgan fingerprint density at radius 3 is 2.36 bits per heavy atom. The van der Waals surface area contributed by atoms with Crippen LogP contribution in [0.3, 0.4) is 0 Å². The van der Waals surface area contributed by atoms with Gasteiger partial charge >= 0.3 is 0 Å². The largest absolute Gasteiger partial charge is 0.332 e. The van der Waals surface area contributed by atoms with Gasteiger partial charge in [-0.15, -0.1) is 0 Å². The summed E-state index contributed by atoms with van der Waals surface area (Å²) in [6.45, 7) is -0.219. The normalized spacial score (nSPS) is 12.8. The lowest BCUT2D eigenvalue weighted by molar-refractivity contribution is -0.116. The van der Waals surface area contributed by atoms with Gasteiger partial charge in [-0.3, -0.25) is 24.1 Å². The van der Waals surface area contributed by atoms with Crippen molar-refractivity contribution in [3.8, 4) is 0 Å². The maximum Gasteiger partial charge on any atom is 0.261 e. The van der Waals surface area contributed by atoms with Crippen LogP contribution >= 0.6 is 23.2 Å². The van der Waals surface area contributed by atoms with Gasteiger partial charge in [-0.05, 0) is 36.4 Å². The Hall–Kier alpha value is -2.90. The summed E-state index contributed by atoms with van der Waals surface area (Å²) in [6, 6.07) is 8.91. The van der Waals surface area contributed by atoms with Crippen molar-refractivity contribution in [1.82, 2.24) is 9.80 Å². The molecule has 4 amide bonds. The van der Waals surface area contributed by atoms with Gasteiger partial charge < -0.3 is 10.2 Å². The van der Waals surface area contributed by atoms with Gasteiger partial charge in [0.25, 0.3) is 17.7 Å². The van der Waals surface area contributed by atoms with E-state index in [1.54, 1.807) is 12.1 Å². The molecule has 0 bridgehead atoms. The molecule has 0 fully saturated rings. The summed E-state index contributed by atoms with van der Waals surface area (Å²) in [6.07, 6.45) is 0. The standard InChI is InChI=1S/C19H15Cl2N3O4/c1-23(9-16(25)22-11-4-6-14(20)15(21)8-11)17(26)10-3-5-12-13(7-10)19(28)24(2)18(12)27/h3-8H,9H2,1-2H3,(H,22,25). The van der Waals surface area contributed by atoms with E-state index in [1.807, 2.05) is 0 Å². The molecule has 0 radical (unpaired) electrons. The lowest BCUT2D eigenvalue weighted by Gasteiger charge is -2.17. The molecule has 0 saturated carbocycles. The molecule has 1 aliphatic heterocycles. The Morgan fingerprint density at radius 1 is 1.00 bits per heavy atom. The van der Waals surface area contributed by atoms with Crippen molar-refractivity contribution in [3.63, 3.8) is 0 Å². The Labute approximate surface area is 170 Å². The third kappa shape index (κ3) is 3.72. The van der Waals surface area contributed by atoms with E-state index in [1.165, 1.54) is 43.3 Å². The summed E-state index contributed by atoms with van der Waals surface area (Å²) in [5, 5.41) is 3.29. The van der Waals surface area contributed by atoms with Crippen LogP contribution in [0.1, 0.15) is 31.1 Å². The molecule has 0 aliphatic carbocycles. The molecule has 28 heavy (non-hydrogen) atoms. The van der Waals surface area contributed by atoms with Crippen LogP contribution in [0, 0.1) is 0 Å². The van der Waals surface area contributed by atoms with E-state index in [9.17, 15) is 19.2 Å². The van der Waals surface area contributed by atoms with Crippen LogP contribution in [0.2, 0.25) is 10.0 Å². The predicted octanol–water partition coefficient (Wildman–Crippen LogP) is 2.93. The number of fused-ring (bicyclic) bond motifs is 1. The maximum atomic E-state index is 12.6. The van der Waals surface area contributed by atoms with E-state index in [0.29, 0.717) is 15.7 Å². The minimum Gasteiger partial charge on any atom is -0.332 e. The zero-order valence-electron chi connectivity index (χ0n) is 15.0. The van der Waals surface area contributed by atoms with Crippen molar-refractivity contribution in [2.24, 2.45) is 0 Å². The molecule has 9 heteroatoms. The zero-order valence-corrected chi connectivity index (χ0v) is 16.5. The fraction of sp³-hybridized carbons (Fsp3) is 0.158. The molecule has 0 unspecified atom stereocenters. The third-order valence-electron chi connectivity index (χ3n) is 4.27. The van der Waals surface area contributed by atoms with Gasteiger partial charge in [-0.1, -0.05) is 23.2 Å². The molecule has 2 aromatic carbocycles. The molecular formula is C19H15Cl2N3O4. The van der Waals surface area contributed by atoms with E-state index in [2.05, 4.69) is 5.32 Å². The first-order valence-corrected chi connectivity index (χ1v) is 8.91. The first-order chi connectivity index (χ1) is 13.2. The molecule has 0 saturated heterocycles. The molecule has 1 heterocycles. The average molecular weight is 420 g/mol. The van der Waals surface area contributed by atoms with Crippen LogP contribution in [-0.2, 0) is 4.79 Å². The third-order valence-corrected chi connectivity index (χ3v) is 5.01. The summed E-state index contributed by atoms with van der Waals surface area (Å²) >= 11 is 11.7. The molecule has 0 atom stereocenters. The number of nitrogens with one attached hydrogen (secondary N) is 1. The minimum atomic E-state index is -0.463. The van der Waals surface area contributed by atoms with Gasteiger partial charge in [-0.2, -0.15) is 0 Å². The van der Waals surface area contributed by atoms with Crippen molar-refractivity contribution < 1.29 is 19.2 Å². The monoisotopic (exact) mass is 419 g/mol. The Bertz CT molecular complexity index is 1020. The number of carbonyl (C=O) groups is 4. The molecule has 1 N–H and O–H groups in total. The summed E-state index contributed by atoms with van der Waals surface area (Å²) < 4.78 is 0.